The fourth-order valence-electron chi connectivity index (χ4n) is 4.62. The Kier molecular flexibility index (Phi) is 6.07. The molecule has 6 heteroatoms. The number of aromatic amines is 2. The highest BCUT2D eigenvalue weighted by atomic mass is 16.5. The summed E-state index contributed by atoms with van der Waals surface area (Å²) < 4.78 is 11.6. The topological polar surface area (TPSA) is 70.3 Å². The molecule has 0 atom stereocenters. The Bertz CT molecular complexity index is 1240. The molecule has 2 aromatic carbocycles. The van der Waals surface area contributed by atoms with Gasteiger partial charge in [-0.3, -0.25) is 4.79 Å². The summed E-state index contributed by atoms with van der Waals surface area (Å²) in [4.78, 5) is 21.8. The largest absolute Gasteiger partial charge is 0.493 e. The summed E-state index contributed by atoms with van der Waals surface area (Å²) in [6, 6.07) is 18.3. The van der Waals surface area contributed by atoms with E-state index in [1.165, 1.54) is 16.6 Å². The normalized spacial score (nSPS) is 14.9. The number of para-hydroxylation sites is 1. The van der Waals surface area contributed by atoms with Crippen LogP contribution in [0.2, 0.25) is 0 Å². The van der Waals surface area contributed by atoms with Crippen molar-refractivity contribution in [3.63, 3.8) is 0 Å². The Morgan fingerprint density at radius 3 is 2.82 bits per heavy atom. The van der Waals surface area contributed by atoms with Crippen molar-refractivity contribution in [1.82, 2.24) is 14.9 Å². The van der Waals surface area contributed by atoms with E-state index in [0.29, 0.717) is 25.4 Å². The SMILES string of the molecule is COc1ccc2cc1OCCCCN(C(=O)c1ccc[nH]1)CCc1c([nH]c3ccccc13)C2. The summed E-state index contributed by atoms with van der Waals surface area (Å²) in [6.45, 7) is 1.94. The molecule has 170 valence electrons. The van der Waals surface area contributed by atoms with Crippen LogP contribution in [-0.2, 0) is 12.8 Å². The Morgan fingerprint density at radius 2 is 1.97 bits per heavy atom. The van der Waals surface area contributed by atoms with Crippen LogP contribution in [0.1, 0.15) is 40.2 Å². The Morgan fingerprint density at radius 1 is 1.06 bits per heavy atom. The number of methoxy groups -OCH3 is 1. The van der Waals surface area contributed by atoms with E-state index in [0.717, 1.165) is 48.3 Å². The zero-order chi connectivity index (χ0) is 22.6. The van der Waals surface area contributed by atoms with Gasteiger partial charge < -0.3 is 24.3 Å². The molecule has 1 aliphatic rings. The average Bonchev–Trinajstić information content (AvgIpc) is 3.48. The summed E-state index contributed by atoms with van der Waals surface area (Å²) in [5.41, 5.74) is 5.36. The molecule has 6 nitrogen and oxygen atoms in total. The Balaban J connectivity index is 1.52. The Hall–Kier alpha value is -3.67. The minimum atomic E-state index is 0.0429. The summed E-state index contributed by atoms with van der Waals surface area (Å²) >= 11 is 0. The van der Waals surface area contributed by atoms with Crippen LogP contribution in [0.5, 0.6) is 11.5 Å². The molecule has 0 fully saturated rings. The fraction of sp³-hybridized carbons (Fsp3) is 0.296. The van der Waals surface area contributed by atoms with E-state index in [4.69, 9.17) is 9.47 Å². The van der Waals surface area contributed by atoms with Crippen molar-refractivity contribution in [3.05, 3.63) is 83.3 Å². The number of ether oxygens (including phenoxy) is 2. The lowest BCUT2D eigenvalue weighted by Crippen LogP contribution is -2.34. The first-order chi connectivity index (χ1) is 16.2. The number of rotatable bonds is 2. The van der Waals surface area contributed by atoms with E-state index in [9.17, 15) is 4.79 Å². The molecule has 2 N–H and O–H groups in total. The number of hydrogen-bond acceptors (Lipinski definition) is 3. The van der Waals surface area contributed by atoms with Gasteiger partial charge in [0.15, 0.2) is 11.5 Å². The summed E-state index contributed by atoms with van der Waals surface area (Å²) in [7, 11) is 1.67. The molecule has 2 aromatic heterocycles. The van der Waals surface area contributed by atoms with Crippen molar-refractivity contribution in [3.8, 4) is 11.5 Å². The van der Waals surface area contributed by atoms with Crippen molar-refractivity contribution < 1.29 is 14.3 Å². The van der Waals surface area contributed by atoms with E-state index >= 15 is 0 Å². The molecule has 0 radical (unpaired) electrons. The number of benzene rings is 2. The van der Waals surface area contributed by atoms with E-state index in [1.54, 1.807) is 13.3 Å². The van der Waals surface area contributed by atoms with Crippen molar-refractivity contribution >= 4 is 16.8 Å². The number of aromatic nitrogens is 2. The van der Waals surface area contributed by atoms with Gasteiger partial charge in [0.05, 0.1) is 13.7 Å². The molecule has 0 saturated carbocycles. The molecule has 3 heterocycles. The number of nitrogens with zero attached hydrogens (tertiary/aromatic N) is 1. The molecular formula is C27H29N3O3. The molecule has 0 spiro atoms. The standard InChI is InChI=1S/C27H29N3O3/c1-32-25-11-10-19-17-24-21(20-7-2-3-8-22(20)29-24)12-15-30(27(31)23-9-6-13-28-23)14-4-5-16-33-26(25)18-19/h2-3,6-11,13,18,28-29H,4-5,12,14-17H2,1H3. The van der Waals surface area contributed by atoms with Crippen LogP contribution >= 0.6 is 0 Å². The van der Waals surface area contributed by atoms with Gasteiger partial charge in [-0.25, -0.2) is 0 Å². The number of carbonyl (C=O) groups is 1. The van der Waals surface area contributed by atoms with Gasteiger partial charge in [-0.15, -0.1) is 0 Å². The predicted octanol–water partition coefficient (Wildman–Crippen LogP) is 4.95. The van der Waals surface area contributed by atoms with Gasteiger partial charge in [0.1, 0.15) is 5.69 Å². The number of hydrogen-bond donors (Lipinski definition) is 2. The van der Waals surface area contributed by atoms with E-state index < -0.39 is 0 Å². The lowest BCUT2D eigenvalue weighted by Gasteiger charge is -2.23. The molecule has 0 saturated heterocycles. The van der Waals surface area contributed by atoms with Gasteiger partial charge >= 0.3 is 0 Å². The lowest BCUT2D eigenvalue weighted by molar-refractivity contribution is 0.0747. The molecular weight excluding hydrogens is 414 g/mol. The number of H-pyrrole nitrogens is 2. The van der Waals surface area contributed by atoms with Gasteiger partial charge in [-0.1, -0.05) is 24.3 Å². The zero-order valence-corrected chi connectivity index (χ0v) is 18.9. The van der Waals surface area contributed by atoms with E-state index in [1.807, 2.05) is 23.1 Å². The Labute approximate surface area is 193 Å². The quantitative estimate of drug-likeness (QED) is 0.460. The third-order valence-corrected chi connectivity index (χ3v) is 6.34. The minimum Gasteiger partial charge on any atom is -0.493 e. The molecule has 1 amide bonds. The van der Waals surface area contributed by atoms with Crippen molar-refractivity contribution in [2.24, 2.45) is 0 Å². The van der Waals surface area contributed by atoms with Crippen LogP contribution in [0.4, 0.5) is 0 Å². The summed E-state index contributed by atoms with van der Waals surface area (Å²) in [6.07, 6.45) is 5.08. The van der Waals surface area contributed by atoms with Crippen LogP contribution in [0.3, 0.4) is 0 Å². The maximum absolute atomic E-state index is 13.2. The smallest absolute Gasteiger partial charge is 0.270 e. The highest BCUT2D eigenvalue weighted by molar-refractivity contribution is 5.92. The van der Waals surface area contributed by atoms with Crippen molar-refractivity contribution in [2.45, 2.75) is 25.7 Å². The van der Waals surface area contributed by atoms with Crippen LogP contribution in [0, 0.1) is 0 Å². The van der Waals surface area contributed by atoms with Crippen LogP contribution < -0.4 is 9.47 Å². The molecule has 4 aromatic rings. The monoisotopic (exact) mass is 443 g/mol. The van der Waals surface area contributed by atoms with Gasteiger partial charge in [-0.2, -0.15) is 0 Å². The summed E-state index contributed by atoms with van der Waals surface area (Å²) in [5, 5.41) is 1.22. The van der Waals surface area contributed by atoms with Crippen LogP contribution in [-0.4, -0.2) is 47.6 Å². The van der Waals surface area contributed by atoms with Crippen molar-refractivity contribution in [1.29, 1.82) is 0 Å². The van der Waals surface area contributed by atoms with E-state index in [2.05, 4.69) is 46.4 Å². The zero-order valence-electron chi connectivity index (χ0n) is 18.9. The first-order valence-electron chi connectivity index (χ1n) is 11.5. The molecule has 0 aliphatic carbocycles. The fourth-order valence-corrected chi connectivity index (χ4v) is 4.62. The molecule has 5 rings (SSSR count). The van der Waals surface area contributed by atoms with E-state index in [-0.39, 0.29) is 5.91 Å². The first-order valence-corrected chi connectivity index (χ1v) is 11.5. The molecule has 1 aliphatic heterocycles. The number of fused-ring (bicyclic) bond motifs is 5. The van der Waals surface area contributed by atoms with Gasteiger partial charge in [-0.05, 0) is 60.7 Å². The summed E-state index contributed by atoms with van der Waals surface area (Å²) in [5.74, 6) is 1.55. The number of nitrogens with one attached hydrogen (secondary N) is 2. The lowest BCUT2D eigenvalue weighted by atomic mass is 10.0. The van der Waals surface area contributed by atoms with Gasteiger partial charge in [0, 0.05) is 42.3 Å². The van der Waals surface area contributed by atoms with Crippen LogP contribution in [0.15, 0.2) is 60.8 Å². The third kappa shape index (κ3) is 4.46. The van der Waals surface area contributed by atoms with Crippen LogP contribution in [0.25, 0.3) is 10.9 Å². The second kappa shape index (κ2) is 9.45. The first kappa shape index (κ1) is 21.2. The number of amides is 1. The molecule has 0 unspecified atom stereocenters. The highest BCUT2D eigenvalue weighted by Crippen LogP contribution is 2.31. The minimum absolute atomic E-state index is 0.0429. The van der Waals surface area contributed by atoms with Gasteiger partial charge in [0.2, 0.25) is 0 Å². The third-order valence-electron chi connectivity index (χ3n) is 6.34. The maximum Gasteiger partial charge on any atom is 0.270 e. The number of carbonyl (C=O) groups excluding carboxylic acids is 1. The second-order valence-corrected chi connectivity index (χ2v) is 8.47. The molecule has 33 heavy (non-hydrogen) atoms. The molecule has 2 bridgehead atoms. The second-order valence-electron chi connectivity index (χ2n) is 8.47. The average molecular weight is 444 g/mol. The van der Waals surface area contributed by atoms with Gasteiger partial charge in [0.25, 0.3) is 5.91 Å². The predicted molar refractivity (Wildman–Crippen MR) is 129 cm³/mol. The maximum atomic E-state index is 13.2. The highest BCUT2D eigenvalue weighted by Gasteiger charge is 2.20. The van der Waals surface area contributed by atoms with Crippen molar-refractivity contribution in [2.75, 3.05) is 26.8 Å².